The van der Waals surface area contributed by atoms with Gasteiger partial charge in [0, 0.05) is 11.9 Å². The van der Waals surface area contributed by atoms with Crippen molar-refractivity contribution >= 4 is 38.2 Å². The van der Waals surface area contributed by atoms with Gasteiger partial charge in [0.2, 0.25) is 0 Å². The molecule has 0 atom stereocenters. The maximum absolute atomic E-state index is 12.1. The molecule has 17 heavy (non-hydrogen) atoms. The monoisotopic (exact) mass is 314 g/mol. The van der Waals surface area contributed by atoms with Crippen LogP contribution in [0.4, 0.5) is 5.13 Å². The van der Waals surface area contributed by atoms with Crippen LogP contribution in [0.3, 0.4) is 0 Å². The molecule has 0 radical (unpaired) electrons. The van der Waals surface area contributed by atoms with Gasteiger partial charge in [-0.2, -0.15) is 5.10 Å². The fourth-order valence-corrected chi connectivity index (χ4v) is 2.61. The average Bonchev–Trinajstić information content (AvgIpc) is 2.84. The van der Waals surface area contributed by atoms with Gasteiger partial charge in [0.1, 0.15) is 5.69 Å². The number of rotatable bonds is 4. The highest BCUT2D eigenvalue weighted by atomic mass is 79.9. The Balaban J connectivity index is 2.22. The van der Waals surface area contributed by atoms with Crippen molar-refractivity contribution in [2.75, 3.05) is 5.73 Å². The molecule has 0 fully saturated rings. The first kappa shape index (κ1) is 12.3. The molecule has 5 nitrogen and oxygen atoms in total. The van der Waals surface area contributed by atoms with Crippen molar-refractivity contribution in [1.82, 2.24) is 14.8 Å². The number of nitrogens with zero attached hydrogens (tertiary/aromatic N) is 3. The topological polar surface area (TPSA) is 73.8 Å². The Hall–Kier alpha value is -1.21. The van der Waals surface area contributed by atoms with Crippen molar-refractivity contribution in [2.24, 2.45) is 0 Å². The minimum Gasteiger partial charge on any atom is -0.375 e. The zero-order chi connectivity index (χ0) is 12.4. The van der Waals surface area contributed by atoms with Gasteiger partial charge in [-0.05, 0) is 22.9 Å². The second kappa shape index (κ2) is 4.97. The number of carbonyl (C=O) groups excluding carboxylic acids is 1. The summed E-state index contributed by atoms with van der Waals surface area (Å²) in [7, 11) is 0. The number of Topliss-reactive ketones (excluding diaryl/α,β-unsaturated/α-hetero) is 1. The zero-order valence-corrected chi connectivity index (χ0v) is 11.6. The van der Waals surface area contributed by atoms with Crippen LogP contribution in [-0.4, -0.2) is 20.5 Å². The number of hydrogen-bond donors (Lipinski definition) is 1. The number of nitrogens with two attached hydrogens (primary N) is 1. The molecule has 0 aromatic carbocycles. The first-order valence-corrected chi connectivity index (χ1v) is 6.73. The van der Waals surface area contributed by atoms with Crippen molar-refractivity contribution in [2.45, 2.75) is 19.9 Å². The van der Waals surface area contributed by atoms with Gasteiger partial charge in [0.15, 0.2) is 10.9 Å². The molecular weight excluding hydrogens is 304 g/mol. The molecule has 0 aliphatic rings. The number of carbonyl (C=O) groups is 1. The van der Waals surface area contributed by atoms with Crippen molar-refractivity contribution < 1.29 is 4.79 Å². The number of anilines is 1. The fourth-order valence-electron chi connectivity index (χ4n) is 1.53. The molecule has 0 bridgehead atoms. The third-order valence-corrected chi connectivity index (χ3v) is 3.57. The summed E-state index contributed by atoms with van der Waals surface area (Å²) >= 11 is 4.67. The summed E-state index contributed by atoms with van der Waals surface area (Å²) in [5.74, 6) is -0.0125. The van der Waals surface area contributed by atoms with E-state index in [0.29, 0.717) is 27.5 Å². The lowest BCUT2D eigenvalue weighted by atomic mass is 10.2. The number of aromatic nitrogens is 3. The standard InChI is InChI=1S/C10H11BrN4OS/c1-2-15-9(7(11)4-13-15)8(16)3-6-5-17-10(12)14-6/h4-5H,2-3H2,1H3,(H2,12,14). The molecule has 0 saturated carbocycles. The quantitative estimate of drug-likeness (QED) is 0.877. The highest BCUT2D eigenvalue weighted by molar-refractivity contribution is 9.10. The summed E-state index contributed by atoms with van der Waals surface area (Å²) in [6.07, 6.45) is 1.88. The van der Waals surface area contributed by atoms with E-state index in [-0.39, 0.29) is 12.2 Å². The lowest BCUT2D eigenvalue weighted by Gasteiger charge is -2.03. The molecule has 0 amide bonds. The number of halogens is 1. The number of hydrogen-bond acceptors (Lipinski definition) is 5. The van der Waals surface area contributed by atoms with E-state index in [2.05, 4.69) is 26.0 Å². The molecular formula is C10H11BrN4OS. The van der Waals surface area contributed by atoms with Gasteiger partial charge in [-0.25, -0.2) is 4.98 Å². The molecule has 2 heterocycles. The predicted molar refractivity (Wildman–Crippen MR) is 70.2 cm³/mol. The van der Waals surface area contributed by atoms with E-state index in [1.165, 1.54) is 11.3 Å². The maximum atomic E-state index is 12.1. The predicted octanol–water partition coefficient (Wildman–Crippen LogP) is 2.13. The summed E-state index contributed by atoms with van der Waals surface area (Å²) in [6, 6.07) is 0. The highest BCUT2D eigenvalue weighted by Crippen LogP contribution is 2.19. The first-order valence-electron chi connectivity index (χ1n) is 5.06. The molecule has 90 valence electrons. The van der Waals surface area contributed by atoms with E-state index in [9.17, 15) is 4.79 Å². The summed E-state index contributed by atoms with van der Waals surface area (Å²) in [6.45, 7) is 2.60. The molecule has 0 saturated heterocycles. The lowest BCUT2D eigenvalue weighted by molar-refractivity contribution is 0.0981. The number of ketones is 1. The smallest absolute Gasteiger partial charge is 0.187 e. The molecule has 0 unspecified atom stereocenters. The van der Waals surface area contributed by atoms with Crippen molar-refractivity contribution in [3.05, 3.63) is 27.4 Å². The van der Waals surface area contributed by atoms with Crippen LogP contribution in [0.15, 0.2) is 16.0 Å². The van der Waals surface area contributed by atoms with Crippen LogP contribution in [0.1, 0.15) is 23.1 Å². The molecule has 2 aromatic rings. The molecule has 0 spiro atoms. The van der Waals surface area contributed by atoms with E-state index in [4.69, 9.17) is 5.73 Å². The summed E-state index contributed by atoms with van der Waals surface area (Å²) in [5, 5.41) is 6.39. The summed E-state index contributed by atoms with van der Waals surface area (Å²) in [5.41, 5.74) is 6.81. The van der Waals surface area contributed by atoms with Crippen molar-refractivity contribution in [3.8, 4) is 0 Å². The van der Waals surface area contributed by atoms with Crippen LogP contribution in [0.5, 0.6) is 0 Å². The Morgan fingerprint density at radius 3 is 3.00 bits per heavy atom. The first-order chi connectivity index (χ1) is 8.11. The van der Waals surface area contributed by atoms with Gasteiger partial charge in [-0.3, -0.25) is 9.48 Å². The molecule has 0 aliphatic carbocycles. The van der Waals surface area contributed by atoms with E-state index in [1.54, 1.807) is 16.3 Å². The van der Waals surface area contributed by atoms with Gasteiger partial charge < -0.3 is 5.73 Å². The third kappa shape index (κ3) is 2.55. The molecule has 2 rings (SSSR count). The zero-order valence-electron chi connectivity index (χ0n) is 9.18. The Labute approximate surface area is 111 Å². The van der Waals surface area contributed by atoms with E-state index >= 15 is 0 Å². The SMILES string of the molecule is CCn1ncc(Br)c1C(=O)Cc1csc(N)n1. The lowest BCUT2D eigenvalue weighted by Crippen LogP contribution is -2.12. The van der Waals surface area contributed by atoms with Gasteiger partial charge >= 0.3 is 0 Å². The second-order valence-electron chi connectivity index (χ2n) is 3.43. The van der Waals surface area contributed by atoms with Crippen LogP contribution < -0.4 is 5.73 Å². The number of nitrogen functional groups attached to an aromatic ring is 1. The molecule has 2 aromatic heterocycles. The molecule has 2 N–H and O–H groups in total. The van der Waals surface area contributed by atoms with Gasteiger partial charge in [-0.15, -0.1) is 11.3 Å². The minimum atomic E-state index is -0.0125. The van der Waals surface area contributed by atoms with Gasteiger partial charge in [0.25, 0.3) is 0 Å². The summed E-state index contributed by atoms with van der Waals surface area (Å²) in [4.78, 5) is 16.2. The highest BCUT2D eigenvalue weighted by Gasteiger charge is 2.17. The third-order valence-electron chi connectivity index (χ3n) is 2.27. The van der Waals surface area contributed by atoms with Crippen molar-refractivity contribution in [1.29, 1.82) is 0 Å². The van der Waals surface area contributed by atoms with Gasteiger partial charge in [0.05, 0.1) is 22.8 Å². The van der Waals surface area contributed by atoms with Crippen LogP contribution in [0, 0.1) is 0 Å². The number of aryl methyl sites for hydroxylation is 1. The normalized spacial score (nSPS) is 10.7. The Kier molecular flexibility index (Phi) is 3.58. The van der Waals surface area contributed by atoms with Crippen LogP contribution in [0.2, 0.25) is 0 Å². The second-order valence-corrected chi connectivity index (χ2v) is 5.18. The largest absolute Gasteiger partial charge is 0.375 e. The van der Waals surface area contributed by atoms with Crippen molar-refractivity contribution in [3.63, 3.8) is 0 Å². The van der Waals surface area contributed by atoms with Gasteiger partial charge in [-0.1, -0.05) is 0 Å². The Morgan fingerprint density at radius 2 is 2.41 bits per heavy atom. The summed E-state index contributed by atoms with van der Waals surface area (Å²) < 4.78 is 2.38. The average molecular weight is 315 g/mol. The Morgan fingerprint density at radius 1 is 1.65 bits per heavy atom. The minimum absolute atomic E-state index is 0.0125. The van der Waals surface area contributed by atoms with Crippen LogP contribution >= 0.6 is 27.3 Å². The van der Waals surface area contributed by atoms with E-state index < -0.39 is 0 Å². The maximum Gasteiger partial charge on any atom is 0.187 e. The number of thiazole rings is 1. The van der Waals surface area contributed by atoms with E-state index in [1.807, 2.05) is 6.92 Å². The van der Waals surface area contributed by atoms with E-state index in [0.717, 1.165) is 0 Å². The van der Waals surface area contributed by atoms with Crippen LogP contribution in [0.25, 0.3) is 0 Å². The fraction of sp³-hybridized carbons (Fsp3) is 0.300. The Bertz CT molecular complexity index is 548. The molecule has 0 aliphatic heterocycles. The molecule has 7 heteroatoms. The van der Waals surface area contributed by atoms with Crippen LogP contribution in [-0.2, 0) is 13.0 Å².